The van der Waals surface area contributed by atoms with Crippen LogP contribution in [0.2, 0.25) is 5.02 Å². The molecule has 0 unspecified atom stereocenters. The highest BCUT2D eigenvalue weighted by atomic mass is 35.5. The van der Waals surface area contributed by atoms with Gasteiger partial charge in [-0.05, 0) is 30.3 Å². The Labute approximate surface area is 146 Å². The first-order chi connectivity index (χ1) is 11.8. The second-order valence-electron chi connectivity index (χ2n) is 6.22. The molecule has 0 saturated carbocycles. The Morgan fingerprint density at radius 1 is 1.00 bits per heavy atom. The number of rotatable bonds is 4. The molecule has 5 nitrogen and oxygen atoms in total. The van der Waals surface area contributed by atoms with Gasteiger partial charge < -0.3 is 4.98 Å². The molecule has 0 bridgehead atoms. The Hall–Kier alpha value is -1.95. The molecule has 1 aliphatic heterocycles. The van der Waals surface area contributed by atoms with Crippen molar-refractivity contribution in [2.45, 2.75) is 13.1 Å². The van der Waals surface area contributed by atoms with E-state index in [0.717, 1.165) is 66.8 Å². The number of aromatic amines is 1. The van der Waals surface area contributed by atoms with Gasteiger partial charge in [0.2, 0.25) is 0 Å². The largest absolute Gasteiger partial charge is 0.341 e. The normalized spacial score (nSPS) is 16.7. The molecule has 1 saturated heterocycles. The summed E-state index contributed by atoms with van der Waals surface area (Å²) < 4.78 is 0. The minimum Gasteiger partial charge on any atom is -0.341 e. The van der Waals surface area contributed by atoms with Crippen LogP contribution in [0.25, 0.3) is 11.0 Å². The number of hydrogen-bond donors (Lipinski definition) is 1. The third-order valence-corrected chi connectivity index (χ3v) is 4.68. The Bertz CT molecular complexity index is 809. The molecule has 1 N–H and O–H groups in total. The monoisotopic (exact) mass is 341 g/mol. The van der Waals surface area contributed by atoms with E-state index in [2.05, 4.69) is 30.8 Å². The van der Waals surface area contributed by atoms with E-state index in [1.165, 1.54) is 0 Å². The highest BCUT2D eigenvalue weighted by Gasteiger charge is 2.18. The summed E-state index contributed by atoms with van der Waals surface area (Å²) in [5.41, 5.74) is 3.12. The Kier molecular flexibility index (Phi) is 4.47. The van der Waals surface area contributed by atoms with Crippen molar-refractivity contribution >= 4 is 22.6 Å². The number of aromatic nitrogens is 3. The smallest absolute Gasteiger partial charge is 0.121 e. The van der Waals surface area contributed by atoms with Gasteiger partial charge in [-0.1, -0.05) is 17.7 Å². The van der Waals surface area contributed by atoms with E-state index in [9.17, 15) is 0 Å². The van der Waals surface area contributed by atoms with Crippen LogP contribution < -0.4 is 0 Å². The van der Waals surface area contributed by atoms with E-state index in [4.69, 9.17) is 11.6 Å². The number of nitrogens with zero attached hydrogens (tertiary/aromatic N) is 4. The topological polar surface area (TPSA) is 48.1 Å². The molecular weight excluding hydrogens is 322 g/mol. The standard InChI is InChI=1S/C18H20ClN5/c19-14-4-5-16-17(11-14)22-18(21-16)13-24-9-7-23(8-10-24)12-15-3-1-2-6-20-15/h1-6,11H,7-10,12-13H2,(H,21,22). The third kappa shape index (κ3) is 3.59. The van der Waals surface area contributed by atoms with Gasteiger partial charge in [-0.25, -0.2) is 4.98 Å². The number of halogens is 1. The van der Waals surface area contributed by atoms with Crippen molar-refractivity contribution in [3.05, 3.63) is 59.1 Å². The zero-order valence-corrected chi connectivity index (χ0v) is 14.2. The lowest BCUT2D eigenvalue weighted by Gasteiger charge is -2.34. The van der Waals surface area contributed by atoms with Gasteiger partial charge in [-0.15, -0.1) is 0 Å². The van der Waals surface area contributed by atoms with Gasteiger partial charge >= 0.3 is 0 Å². The summed E-state index contributed by atoms with van der Waals surface area (Å²) in [6, 6.07) is 11.9. The zero-order chi connectivity index (χ0) is 16.4. The molecule has 3 heterocycles. The van der Waals surface area contributed by atoms with E-state index in [0.29, 0.717) is 0 Å². The minimum absolute atomic E-state index is 0.737. The summed E-state index contributed by atoms with van der Waals surface area (Å²) in [6.45, 7) is 5.99. The number of nitrogens with one attached hydrogen (secondary N) is 1. The number of benzene rings is 1. The van der Waals surface area contributed by atoms with Crippen LogP contribution in [0.1, 0.15) is 11.5 Å². The quantitative estimate of drug-likeness (QED) is 0.792. The molecule has 6 heteroatoms. The Morgan fingerprint density at radius 2 is 1.79 bits per heavy atom. The number of pyridine rings is 1. The lowest BCUT2D eigenvalue weighted by atomic mass is 10.2. The van der Waals surface area contributed by atoms with Crippen molar-refractivity contribution in [1.29, 1.82) is 0 Å². The number of piperazine rings is 1. The van der Waals surface area contributed by atoms with Gasteiger partial charge in [0.05, 0.1) is 23.3 Å². The van der Waals surface area contributed by atoms with E-state index in [1.807, 2.05) is 36.5 Å². The van der Waals surface area contributed by atoms with Crippen LogP contribution in [0, 0.1) is 0 Å². The van der Waals surface area contributed by atoms with Gasteiger partial charge in [0.15, 0.2) is 0 Å². The van der Waals surface area contributed by atoms with Crippen molar-refractivity contribution in [1.82, 2.24) is 24.8 Å². The van der Waals surface area contributed by atoms with Crippen molar-refractivity contribution in [2.24, 2.45) is 0 Å². The maximum atomic E-state index is 6.03. The van der Waals surface area contributed by atoms with Crippen LogP contribution in [0.5, 0.6) is 0 Å². The predicted octanol–water partition coefficient (Wildman–Crippen LogP) is 2.93. The second-order valence-corrected chi connectivity index (χ2v) is 6.65. The van der Waals surface area contributed by atoms with Crippen LogP contribution in [-0.4, -0.2) is 50.9 Å². The molecular formula is C18H20ClN5. The van der Waals surface area contributed by atoms with Gasteiger partial charge in [-0.2, -0.15) is 0 Å². The first-order valence-corrected chi connectivity index (χ1v) is 8.63. The van der Waals surface area contributed by atoms with Crippen molar-refractivity contribution < 1.29 is 0 Å². The highest BCUT2D eigenvalue weighted by Crippen LogP contribution is 2.18. The molecule has 0 spiro atoms. The van der Waals surface area contributed by atoms with Crippen LogP contribution >= 0.6 is 11.6 Å². The first-order valence-electron chi connectivity index (χ1n) is 8.25. The molecule has 24 heavy (non-hydrogen) atoms. The molecule has 0 amide bonds. The second kappa shape index (κ2) is 6.89. The predicted molar refractivity (Wildman–Crippen MR) is 95.9 cm³/mol. The fourth-order valence-corrected chi connectivity index (χ4v) is 3.32. The van der Waals surface area contributed by atoms with Gasteiger partial charge in [0.25, 0.3) is 0 Å². The molecule has 0 atom stereocenters. The summed E-state index contributed by atoms with van der Waals surface area (Å²) in [4.78, 5) is 17.3. The highest BCUT2D eigenvalue weighted by molar-refractivity contribution is 6.31. The lowest BCUT2D eigenvalue weighted by molar-refractivity contribution is 0.119. The van der Waals surface area contributed by atoms with Gasteiger partial charge in [0.1, 0.15) is 5.82 Å². The minimum atomic E-state index is 0.737. The fourth-order valence-electron chi connectivity index (χ4n) is 3.15. The van der Waals surface area contributed by atoms with Gasteiger partial charge in [-0.3, -0.25) is 14.8 Å². The molecule has 2 aromatic heterocycles. The maximum Gasteiger partial charge on any atom is 0.121 e. The molecule has 0 aliphatic carbocycles. The van der Waals surface area contributed by atoms with E-state index >= 15 is 0 Å². The lowest BCUT2D eigenvalue weighted by Crippen LogP contribution is -2.45. The zero-order valence-electron chi connectivity index (χ0n) is 13.5. The molecule has 1 fully saturated rings. The van der Waals surface area contributed by atoms with Crippen LogP contribution in [-0.2, 0) is 13.1 Å². The number of hydrogen-bond acceptors (Lipinski definition) is 4. The SMILES string of the molecule is Clc1ccc2nc(CN3CCN(Cc4ccccn4)CC3)[nH]c2c1. The van der Waals surface area contributed by atoms with Gasteiger partial charge in [0, 0.05) is 43.9 Å². The summed E-state index contributed by atoms with van der Waals surface area (Å²) in [5, 5.41) is 0.737. The van der Waals surface area contributed by atoms with Crippen molar-refractivity contribution in [3.8, 4) is 0 Å². The average molecular weight is 342 g/mol. The molecule has 1 aromatic carbocycles. The summed E-state index contributed by atoms with van der Waals surface area (Å²) in [7, 11) is 0. The number of H-pyrrole nitrogens is 1. The summed E-state index contributed by atoms with van der Waals surface area (Å²) in [6.07, 6.45) is 1.86. The molecule has 124 valence electrons. The van der Waals surface area contributed by atoms with Crippen LogP contribution in [0.3, 0.4) is 0 Å². The number of fused-ring (bicyclic) bond motifs is 1. The molecule has 0 radical (unpaired) electrons. The molecule has 3 aromatic rings. The Morgan fingerprint density at radius 3 is 2.54 bits per heavy atom. The summed E-state index contributed by atoms with van der Waals surface area (Å²) >= 11 is 6.03. The van der Waals surface area contributed by atoms with E-state index < -0.39 is 0 Å². The average Bonchev–Trinajstić information content (AvgIpc) is 2.99. The van der Waals surface area contributed by atoms with E-state index in [-0.39, 0.29) is 0 Å². The third-order valence-electron chi connectivity index (χ3n) is 4.44. The molecule has 1 aliphatic rings. The van der Waals surface area contributed by atoms with Crippen molar-refractivity contribution in [2.75, 3.05) is 26.2 Å². The maximum absolute atomic E-state index is 6.03. The number of imidazole rings is 1. The summed E-state index contributed by atoms with van der Waals surface area (Å²) in [5.74, 6) is 1.01. The molecule has 4 rings (SSSR count). The van der Waals surface area contributed by atoms with Crippen molar-refractivity contribution in [3.63, 3.8) is 0 Å². The fraction of sp³-hybridized carbons (Fsp3) is 0.333. The first kappa shape index (κ1) is 15.6. The van der Waals surface area contributed by atoms with Crippen LogP contribution in [0.4, 0.5) is 0 Å². The Balaban J connectivity index is 1.34. The van der Waals surface area contributed by atoms with Crippen LogP contribution in [0.15, 0.2) is 42.6 Å². The van der Waals surface area contributed by atoms with E-state index in [1.54, 1.807) is 0 Å².